The Balaban J connectivity index is 1.11. The van der Waals surface area contributed by atoms with Crippen molar-refractivity contribution in [1.82, 2.24) is 4.57 Å². The van der Waals surface area contributed by atoms with E-state index in [1.54, 1.807) is 0 Å². The molecule has 3 nitrogen and oxygen atoms in total. The van der Waals surface area contributed by atoms with E-state index in [0.717, 1.165) is 50.2 Å². The van der Waals surface area contributed by atoms with Crippen molar-refractivity contribution in [3.8, 4) is 39.1 Å². The molecule has 0 spiro atoms. The first-order valence-electron chi connectivity index (χ1n) is 22.5. The van der Waals surface area contributed by atoms with E-state index in [0.29, 0.717) is 0 Å². The molecule has 14 aromatic rings. The predicted molar refractivity (Wildman–Crippen MR) is 281 cm³/mol. The highest BCUT2D eigenvalue weighted by Crippen LogP contribution is 2.50. The fourth-order valence-corrected chi connectivity index (χ4v) is 11.8. The number of para-hydroxylation sites is 2. The molecule has 11 aromatic carbocycles. The molecule has 3 aromatic heterocycles. The highest BCUT2D eigenvalue weighted by atomic mass is 32.1. The minimum atomic E-state index is 0.879. The van der Waals surface area contributed by atoms with Crippen LogP contribution in [0.4, 0.5) is 17.1 Å². The first-order chi connectivity index (χ1) is 32.7. The quantitative estimate of drug-likeness (QED) is 0.149. The summed E-state index contributed by atoms with van der Waals surface area (Å²) < 4.78 is 11.5. The van der Waals surface area contributed by atoms with Crippen molar-refractivity contribution >= 4 is 103 Å². The Hall–Kier alpha value is -8.44. The zero-order valence-electron chi connectivity index (χ0n) is 35.7. The van der Waals surface area contributed by atoms with Crippen LogP contribution >= 0.6 is 11.3 Å². The van der Waals surface area contributed by atoms with Crippen LogP contribution in [0.15, 0.2) is 235 Å². The minimum Gasteiger partial charge on any atom is -0.456 e. The maximum absolute atomic E-state index is 6.34. The van der Waals surface area contributed by atoms with Gasteiger partial charge in [-0.05, 0) is 123 Å². The van der Waals surface area contributed by atoms with Crippen LogP contribution in [-0.2, 0) is 0 Å². The topological polar surface area (TPSA) is 21.3 Å². The number of nitrogens with zero attached hydrogens (tertiary/aromatic N) is 2. The number of hydrogen-bond donors (Lipinski definition) is 0. The predicted octanol–water partition coefficient (Wildman–Crippen LogP) is 18.1. The molecule has 0 bridgehead atoms. The van der Waals surface area contributed by atoms with E-state index >= 15 is 0 Å². The maximum atomic E-state index is 6.34. The Labute approximate surface area is 384 Å². The van der Waals surface area contributed by atoms with Gasteiger partial charge in [-0.3, -0.25) is 0 Å². The third-order valence-electron chi connectivity index (χ3n) is 13.5. The first-order valence-corrected chi connectivity index (χ1v) is 23.3. The lowest BCUT2D eigenvalue weighted by Crippen LogP contribution is -2.10. The third-order valence-corrected chi connectivity index (χ3v) is 14.7. The Morgan fingerprint density at radius 3 is 1.82 bits per heavy atom. The number of benzene rings is 11. The molecule has 0 fully saturated rings. The van der Waals surface area contributed by atoms with E-state index in [9.17, 15) is 0 Å². The molecule has 14 rings (SSSR count). The van der Waals surface area contributed by atoms with Crippen LogP contribution in [0.3, 0.4) is 0 Å². The van der Waals surface area contributed by atoms with E-state index in [2.05, 4.69) is 228 Å². The van der Waals surface area contributed by atoms with Gasteiger partial charge in [0, 0.05) is 59.8 Å². The molecular formula is C62H38N2OS. The summed E-state index contributed by atoms with van der Waals surface area (Å²) in [7, 11) is 0. The molecule has 0 atom stereocenters. The fraction of sp³-hybridized carbons (Fsp3) is 0. The van der Waals surface area contributed by atoms with Gasteiger partial charge in [-0.2, -0.15) is 0 Å². The zero-order chi connectivity index (χ0) is 43.3. The zero-order valence-corrected chi connectivity index (χ0v) is 36.5. The lowest BCUT2D eigenvalue weighted by atomic mass is 9.92. The summed E-state index contributed by atoms with van der Waals surface area (Å²) in [5, 5.41) is 9.79. The summed E-state index contributed by atoms with van der Waals surface area (Å²) in [6.07, 6.45) is 0. The lowest BCUT2D eigenvalue weighted by molar-refractivity contribution is 0.669. The Morgan fingerprint density at radius 2 is 1.02 bits per heavy atom. The van der Waals surface area contributed by atoms with Crippen LogP contribution in [-0.4, -0.2) is 4.57 Å². The van der Waals surface area contributed by atoms with Crippen LogP contribution in [0, 0.1) is 0 Å². The average Bonchev–Trinajstić information content (AvgIpc) is 4.06. The second kappa shape index (κ2) is 14.5. The summed E-state index contributed by atoms with van der Waals surface area (Å²) in [5.41, 5.74) is 15.6. The average molecular weight is 859 g/mol. The summed E-state index contributed by atoms with van der Waals surface area (Å²) in [5.74, 6) is 0. The molecule has 0 saturated carbocycles. The highest BCUT2D eigenvalue weighted by Gasteiger charge is 2.25. The standard InChI is InChI=1S/C62H38N2OS/c1-4-16-39(17-5-1)43-32-44(50-23-11-10-22-49(50)40-18-6-2-7-19-40)35-47(34-43)64-55-38-48(33-41-28-29-42-36-54-52-25-13-15-27-58(52)66-62(54)61(64)60(42)59(41)55)63(45-20-8-3-9-21-45)46-30-31-57-53(37-46)51-24-12-14-26-56(51)65-57/h1-38H. The Kier molecular flexibility index (Phi) is 8.15. The van der Waals surface area contributed by atoms with Gasteiger partial charge >= 0.3 is 0 Å². The summed E-state index contributed by atoms with van der Waals surface area (Å²) in [6, 6.07) is 84.1. The number of anilines is 3. The molecule has 3 heterocycles. The van der Waals surface area contributed by atoms with Crippen LogP contribution in [0.2, 0.25) is 0 Å². The molecule has 4 heteroatoms. The molecule has 0 amide bonds. The minimum absolute atomic E-state index is 0.879. The van der Waals surface area contributed by atoms with Crippen molar-refractivity contribution in [2.75, 3.05) is 4.90 Å². The van der Waals surface area contributed by atoms with Crippen molar-refractivity contribution in [2.24, 2.45) is 0 Å². The van der Waals surface area contributed by atoms with Crippen molar-refractivity contribution in [2.45, 2.75) is 0 Å². The summed E-state index contributed by atoms with van der Waals surface area (Å²) in [4.78, 5) is 2.40. The van der Waals surface area contributed by atoms with E-state index < -0.39 is 0 Å². The largest absolute Gasteiger partial charge is 0.456 e. The van der Waals surface area contributed by atoms with Gasteiger partial charge in [0.15, 0.2) is 0 Å². The molecule has 0 unspecified atom stereocenters. The van der Waals surface area contributed by atoms with Gasteiger partial charge in [0.05, 0.1) is 15.7 Å². The van der Waals surface area contributed by atoms with Crippen molar-refractivity contribution in [3.63, 3.8) is 0 Å². The number of thiophene rings is 1. The third kappa shape index (κ3) is 5.69. The van der Waals surface area contributed by atoms with Crippen LogP contribution in [0.5, 0.6) is 0 Å². The molecule has 0 N–H and O–H groups in total. The summed E-state index contributed by atoms with van der Waals surface area (Å²) in [6.45, 7) is 0. The highest BCUT2D eigenvalue weighted by molar-refractivity contribution is 7.26. The van der Waals surface area contributed by atoms with Gasteiger partial charge in [0.25, 0.3) is 0 Å². The molecular weight excluding hydrogens is 821 g/mol. The second-order valence-corrected chi connectivity index (χ2v) is 18.3. The van der Waals surface area contributed by atoms with Gasteiger partial charge in [-0.15, -0.1) is 11.3 Å². The fourth-order valence-electron chi connectivity index (χ4n) is 10.6. The van der Waals surface area contributed by atoms with E-state index in [4.69, 9.17) is 4.42 Å². The maximum Gasteiger partial charge on any atom is 0.135 e. The summed E-state index contributed by atoms with van der Waals surface area (Å²) >= 11 is 1.90. The monoisotopic (exact) mass is 858 g/mol. The van der Waals surface area contributed by atoms with E-state index in [-0.39, 0.29) is 0 Å². The number of fused-ring (bicyclic) bond motifs is 7. The molecule has 0 aliphatic carbocycles. The molecule has 0 aliphatic heterocycles. The van der Waals surface area contributed by atoms with Crippen molar-refractivity contribution in [1.29, 1.82) is 0 Å². The first kappa shape index (κ1) is 37.0. The van der Waals surface area contributed by atoms with Gasteiger partial charge in [0.2, 0.25) is 0 Å². The van der Waals surface area contributed by atoms with Gasteiger partial charge in [-0.25, -0.2) is 0 Å². The van der Waals surface area contributed by atoms with Gasteiger partial charge in [-0.1, -0.05) is 152 Å². The lowest BCUT2D eigenvalue weighted by Gasteiger charge is -2.26. The molecule has 0 radical (unpaired) electrons. The van der Waals surface area contributed by atoms with Gasteiger partial charge < -0.3 is 13.9 Å². The van der Waals surface area contributed by atoms with Crippen LogP contribution < -0.4 is 4.90 Å². The van der Waals surface area contributed by atoms with Crippen molar-refractivity contribution in [3.05, 3.63) is 231 Å². The van der Waals surface area contributed by atoms with E-state index in [1.165, 1.54) is 80.6 Å². The Morgan fingerprint density at radius 1 is 0.379 bits per heavy atom. The van der Waals surface area contributed by atoms with Crippen molar-refractivity contribution < 1.29 is 4.42 Å². The smallest absolute Gasteiger partial charge is 0.135 e. The molecule has 308 valence electrons. The molecule has 0 saturated heterocycles. The molecule has 66 heavy (non-hydrogen) atoms. The van der Waals surface area contributed by atoms with Crippen LogP contribution in [0.25, 0.3) is 114 Å². The number of furan rings is 1. The SMILES string of the molecule is c1ccc(-c2cc(-c3ccccc3-c3ccccc3)cc(-n3c4cc(N(c5ccccc5)c5ccc6oc7ccccc7c6c5)cc5ccc6cc7c8ccccc8sc7c3c6c54)c2)cc1. The number of hydrogen-bond acceptors (Lipinski definition) is 3. The second-order valence-electron chi connectivity index (χ2n) is 17.3. The number of rotatable bonds is 7. The Bertz CT molecular complexity index is 4160. The molecule has 0 aliphatic rings. The van der Waals surface area contributed by atoms with Gasteiger partial charge in [0.1, 0.15) is 11.2 Å². The number of aromatic nitrogens is 1. The van der Waals surface area contributed by atoms with E-state index in [1.807, 2.05) is 23.5 Å². The normalized spacial score (nSPS) is 11.9. The van der Waals surface area contributed by atoms with Crippen LogP contribution in [0.1, 0.15) is 0 Å².